The number of nitrogens with zero attached hydrogens (tertiary/aromatic N) is 1. The first-order chi connectivity index (χ1) is 13.0. The minimum atomic E-state index is -3.55. The predicted octanol–water partition coefficient (Wildman–Crippen LogP) is 2.07. The number of esters is 1. The lowest BCUT2D eigenvalue weighted by Gasteiger charge is -2.26. The van der Waals surface area contributed by atoms with Crippen molar-refractivity contribution >= 4 is 16.0 Å². The van der Waals surface area contributed by atoms with Crippen LogP contribution in [0, 0.1) is 0 Å². The Morgan fingerprint density at radius 2 is 1.85 bits per heavy atom. The van der Waals surface area contributed by atoms with Gasteiger partial charge in [-0.1, -0.05) is 18.2 Å². The number of benzene rings is 2. The quantitative estimate of drug-likeness (QED) is 0.701. The first-order valence-corrected chi connectivity index (χ1v) is 9.93. The van der Waals surface area contributed by atoms with E-state index < -0.39 is 16.0 Å². The minimum Gasteiger partial charge on any atom is -0.489 e. The Hall–Kier alpha value is -2.42. The molecule has 0 aliphatic carbocycles. The number of carbonyl (C=O) groups excluding carboxylic acids is 1. The van der Waals surface area contributed by atoms with Crippen molar-refractivity contribution in [3.8, 4) is 5.75 Å². The molecule has 1 heterocycles. The van der Waals surface area contributed by atoms with Crippen LogP contribution in [-0.4, -0.2) is 52.1 Å². The predicted molar refractivity (Wildman–Crippen MR) is 98.1 cm³/mol. The summed E-state index contributed by atoms with van der Waals surface area (Å²) in [4.78, 5) is 11.8. The molecule has 0 radical (unpaired) electrons. The normalized spacial score (nSPS) is 15.3. The molecule has 1 saturated heterocycles. The minimum absolute atomic E-state index is 0.178. The van der Waals surface area contributed by atoms with Gasteiger partial charge in [0.05, 0.1) is 30.8 Å². The van der Waals surface area contributed by atoms with E-state index in [0.29, 0.717) is 43.2 Å². The molecule has 7 nitrogen and oxygen atoms in total. The largest absolute Gasteiger partial charge is 0.489 e. The molecule has 0 atom stereocenters. The van der Waals surface area contributed by atoms with Gasteiger partial charge in [-0.3, -0.25) is 0 Å². The zero-order valence-electron chi connectivity index (χ0n) is 15.0. The van der Waals surface area contributed by atoms with Crippen LogP contribution in [0.25, 0.3) is 0 Å². The zero-order chi connectivity index (χ0) is 19.3. The van der Waals surface area contributed by atoms with Crippen LogP contribution >= 0.6 is 0 Å². The molecule has 27 heavy (non-hydrogen) atoms. The first kappa shape index (κ1) is 19.3. The van der Waals surface area contributed by atoms with Crippen molar-refractivity contribution in [1.82, 2.24) is 4.31 Å². The van der Waals surface area contributed by atoms with E-state index in [2.05, 4.69) is 0 Å². The fourth-order valence-electron chi connectivity index (χ4n) is 2.73. The van der Waals surface area contributed by atoms with Gasteiger partial charge in [0.2, 0.25) is 10.0 Å². The molecule has 0 spiro atoms. The van der Waals surface area contributed by atoms with Gasteiger partial charge in [0, 0.05) is 13.1 Å². The average molecular weight is 391 g/mol. The van der Waals surface area contributed by atoms with Crippen molar-refractivity contribution in [2.75, 3.05) is 33.4 Å². The molecule has 1 fully saturated rings. The van der Waals surface area contributed by atoms with Gasteiger partial charge in [-0.2, -0.15) is 4.31 Å². The molecule has 0 amide bonds. The number of sulfonamides is 1. The van der Waals surface area contributed by atoms with Crippen molar-refractivity contribution in [2.24, 2.45) is 0 Å². The molecule has 1 aliphatic heterocycles. The van der Waals surface area contributed by atoms with E-state index in [1.165, 1.54) is 11.4 Å². The lowest BCUT2D eigenvalue weighted by Crippen LogP contribution is -2.40. The van der Waals surface area contributed by atoms with Gasteiger partial charge in [0.15, 0.2) is 0 Å². The summed E-state index contributed by atoms with van der Waals surface area (Å²) in [6, 6.07) is 13.3. The Labute approximate surface area is 158 Å². The summed E-state index contributed by atoms with van der Waals surface area (Å²) >= 11 is 0. The third-order valence-corrected chi connectivity index (χ3v) is 6.06. The molecule has 1 aliphatic rings. The van der Waals surface area contributed by atoms with E-state index in [4.69, 9.17) is 14.2 Å². The maximum Gasteiger partial charge on any atom is 0.337 e. The Balaban J connectivity index is 1.72. The molecule has 0 saturated carbocycles. The van der Waals surface area contributed by atoms with E-state index >= 15 is 0 Å². The first-order valence-electron chi connectivity index (χ1n) is 8.49. The Morgan fingerprint density at radius 3 is 2.59 bits per heavy atom. The maximum absolute atomic E-state index is 12.7. The number of methoxy groups -OCH3 is 1. The van der Waals surface area contributed by atoms with Crippen LogP contribution in [-0.2, 0) is 26.1 Å². The molecule has 0 unspecified atom stereocenters. The van der Waals surface area contributed by atoms with E-state index in [-0.39, 0.29) is 11.5 Å². The van der Waals surface area contributed by atoms with Crippen molar-refractivity contribution < 1.29 is 27.4 Å². The zero-order valence-corrected chi connectivity index (χ0v) is 15.8. The molecule has 3 rings (SSSR count). The number of morpholine rings is 1. The molecular weight excluding hydrogens is 370 g/mol. The molecule has 144 valence electrons. The van der Waals surface area contributed by atoms with Crippen LogP contribution in [0.1, 0.15) is 15.9 Å². The fraction of sp³-hybridized carbons (Fsp3) is 0.316. The van der Waals surface area contributed by atoms with Crippen LogP contribution in [0.3, 0.4) is 0 Å². The lowest BCUT2D eigenvalue weighted by molar-refractivity contribution is 0.0600. The van der Waals surface area contributed by atoms with Crippen LogP contribution in [0.2, 0.25) is 0 Å². The Kier molecular flexibility index (Phi) is 6.10. The summed E-state index contributed by atoms with van der Waals surface area (Å²) in [6.45, 7) is 1.68. The lowest BCUT2D eigenvalue weighted by atomic mass is 10.2. The summed E-state index contributed by atoms with van der Waals surface area (Å²) < 4.78 is 42.5. The van der Waals surface area contributed by atoms with Gasteiger partial charge in [-0.05, 0) is 35.9 Å². The summed E-state index contributed by atoms with van der Waals surface area (Å²) in [5.41, 5.74) is 1.10. The monoisotopic (exact) mass is 391 g/mol. The SMILES string of the molecule is COC(=O)c1cccc(OCc2cccc(S(=O)(=O)N3CCOCC3)c2)c1. The molecular formula is C19H21NO6S. The Morgan fingerprint density at radius 1 is 1.11 bits per heavy atom. The maximum atomic E-state index is 12.7. The molecule has 0 bridgehead atoms. The molecule has 8 heteroatoms. The Bertz CT molecular complexity index is 906. The van der Waals surface area contributed by atoms with Gasteiger partial charge < -0.3 is 14.2 Å². The fourth-order valence-corrected chi connectivity index (χ4v) is 4.21. The van der Waals surface area contributed by atoms with E-state index in [1.54, 1.807) is 48.5 Å². The number of rotatable bonds is 6. The number of hydrogen-bond donors (Lipinski definition) is 0. The number of ether oxygens (including phenoxy) is 3. The summed E-state index contributed by atoms with van der Waals surface area (Å²) in [6.07, 6.45) is 0. The summed E-state index contributed by atoms with van der Waals surface area (Å²) in [5, 5.41) is 0. The third-order valence-electron chi connectivity index (χ3n) is 4.17. The van der Waals surface area contributed by atoms with Crippen molar-refractivity contribution in [3.63, 3.8) is 0 Å². The highest BCUT2D eigenvalue weighted by atomic mass is 32.2. The van der Waals surface area contributed by atoms with E-state index in [1.807, 2.05) is 0 Å². The van der Waals surface area contributed by atoms with Gasteiger partial charge in [0.1, 0.15) is 12.4 Å². The third kappa shape index (κ3) is 4.65. The number of hydrogen-bond acceptors (Lipinski definition) is 6. The van der Waals surface area contributed by atoms with Gasteiger partial charge in [-0.25, -0.2) is 13.2 Å². The second kappa shape index (κ2) is 8.51. The van der Waals surface area contributed by atoms with Crippen LogP contribution in [0.4, 0.5) is 0 Å². The standard InChI is InChI=1S/C19H21NO6S/c1-24-19(21)16-5-3-6-17(13-16)26-14-15-4-2-7-18(12-15)27(22,23)20-8-10-25-11-9-20/h2-7,12-13H,8-11,14H2,1H3. The highest BCUT2D eigenvalue weighted by molar-refractivity contribution is 7.89. The topological polar surface area (TPSA) is 82.1 Å². The van der Waals surface area contributed by atoms with Gasteiger partial charge in [0.25, 0.3) is 0 Å². The second-order valence-electron chi connectivity index (χ2n) is 5.97. The van der Waals surface area contributed by atoms with Crippen LogP contribution in [0.15, 0.2) is 53.4 Å². The van der Waals surface area contributed by atoms with Gasteiger partial charge >= 0.3 is 5.97 Å². The van der Waals surface area contributed by atoms with Crippen molar-refractivity contribution in [1.29, 1.82) is 0 Å². The van der Waals surface area contributed by atoms with E-state index in [0.717, 1.165) is 0 Å². The number of carbonyl (C=O) groups is 1. The van der Waals surface area contributed by atoms with Crippen LogP contribution < -0.4 is 4.74 Å². The molecule has 2 aromatic carbocycles. The van der Waals surface area contributed by atoms with E-state index in [9.17, 15) is 13.2 Å². The molecule has 0 N–H and O–H groups in total. The average Bonchev–Trinajstić information content (AvgIpc) is 2.72. The second-order valence-corrected chi connectivity index (χ2v) is 7.91. The smallest absolute Gasteiger partial charge is 0.337 e. The molecule has 0 aromatic heterocycles. The molecule has 2 aromatic rings. The summed E-state index contributed by atoms with van der Waals surface area (Å²) in [7, 11) is -2.24. The van der Waals surface area contributed by atoms with Crippen molar-refractivity contribution in [3.05, 3.63) is 59.7 Å². The van der Waals surface area contributed by atoms with Crippen molar-refractivity contribution in [2.45, 2.75) is 11.5 Å². The summed E-state index contributed by atoms with van der Waals surface area (Å²) in [5.74, 6) is 0.0541. The highest BCUT2D eigenvalue weighted by Crippen LogP contribution is 2.20. The highest BCUT2D eigenvalue weighted by Gasteiger charge is 2.26. The van der Waals surface area contributed by atoms with Crippen LogP contribution in [0.5, 0.6) is 5.75 Å². The van der Waals surface area contributed by atoms with Gasteiger partial charge in [-0.15, -0.1) is 0 Å².